The zero-order valence-corrected chi connectivity index (χ0v) is 18.1. The molecule has 0 aliphatic heterocycles. The first-order chi connectivity index (χ1) is 15.9. The van der Waals surface area contributed by atoms with Crippen LogP contribution in [0.25, 0.3) is 16.9 Å². The monoisotopic (exact) mass is 439 g/mol. The van der Waals surface area contributed by atoms with Crippen molar-refractivity contribution >= 4 is 17.8 Å². The van der Waals surface area contributed by atoms with E-state index in [-0.39, 0.29) is 11.4 Å². The Kier molecular flexibility index (Phi) is 6.08. The minimum atomic E-state index is -0.490. The van der Waals surface area contributed by atoms with Crippen LogP contribution in [0, 0.1) is 24.0 Å². The summed E-state index contributed by atoms with van der Waals surface area (Å²) in [7, 11) is 0. The van der Waals surface area contributed by atoms with Crippen LogP contribution in [0.4, 0.5) is 5.69 Å². The SMILES string of the molecule is Cc1ccc(-c2cc(C(=O)N/N=C\c3cccc([N+](=O)[O-])c3)nn2-c2ccc(C)cc2)cc1. The molecule has 0 atom stereocenters. The molecule has 1 aromatic heterocycles. The highest BCUT2D eigenvalue weighted by atomic mass is 16.6. The summed E-state index contributed by atoms with van der Waals surface area (Å²) >= 11 is 0. The summed E-state index contributed by atoms with van der Waals surface area (Å²) in [6.45, 7) is 4.02. The van der Waals surface area contributed by atoms with E-state index in [2.05, 4.69) is 15.6 Å². The third kappa shape index (κ3) is 5.01. The van der Waals surface area contributed by atoms with Gasteiger partial charge in [0.05, 0.1) is 22.5 Å². The molecule has 0 radical (unpaired) electrons. The van der Waals surface area contributed by atoms with Crippen LogP contribution < -0.4 is 5.43 Å². The Hall–Kier alpha value is -4.59. The van der Waals surface area contributed by atoms with Crippen LogP contribution in [-0.2, 0) is 0 Å². The molecule has 0 bridgehead atoms. The van der Waals surface area contributed by atoms with E-state index in [0.29, 0.717) is 5.56 Å². The number of aromatic nitrogens is 2. The average Bonchev–Trinajstić information content (AvgIpc) is 3.26. The number of non-ortho nitro benzene ring substituents is 1. The number of carbonyl (C=O) groups excluding carboxylic acids is 1. The van der Waals surface area contributed by atoms with Crippen molar-refractivity contribution < 1.29 is 9.72 Å². The van der Waals surface area contributed by atoms with Crippen molar-refractivity contribution in [2.45, 2.75) is 13.8 Å². The number of amides is 1. The molecule has 0 saturated heterocycles. The maximum Gasteiger partial charge on any atom is 0.291 e. The highest BCUT2D eigenvalue weighted by molar-refractivity contribution is 5.94. The molecule has 8 heteroatoms. The molecule has 3 aromatic carbocycles. The van der Waals surface area contributed by atoms with Crippen molar-refractivity contribution in [3.05, 3.63) is 111 Å². The molecule has 0 spiro atoms. The second kappa shape index (κ2) is 9.27. The highest BCUT2D eigenvalue weighted by Gasteiger charge is 2.16. The minimum Gasteiger partial charge on any atom is -0.265 e. The van der Waals surface area contributed by atoms with Gasteiger partial charge in [-0.25, -0.2) is 10.1 Å². The number of hydrogen-bond donors (Lipinski definition) is 1. The lowest BCUT2D eigenvalue weighted by Crippen LogP contribution is -2.18. The number of hydrazone groups is 1. The van der Waals surface area contributed by atoms with Gasteiger partial charge in [0.15, 0.2) is 5.69 Å². The summed E-state index contributed by atoms with van der Waals surface area (Å²) in [6.07, 6.45) is 1.35. The molecule has 8 nitrogen and oxygen atoms in total. The van der Waals surface area contributed by atoms with Gasteiger partial charge in [0.2, 0.25) is 0 Å². The summed E-state index contributed by atoms with van der Waals surface area (Å²) in [6, 6.07) is 23.5. The van der Waals surface area contributed by atoms with E-state index >= 15 is 0 Å². The highest BCUT2D eigenvalue weighted by Crippen LogP contribution is 2.25. The van der Waals surface area contributed by atoms with Gasteiger partial charge in [-0.15, -0.1) is 0 Å². The number of hydrogen-bond acceptors (Lipinski definition) is 5. The van der Waals surface area contributed by atoms with Crippen molar-refractivity contribution in [2.24, 2.45) is 5.10 Å². The fraction of sp³-hybridized carbons (Fsp3) is 0.0800. The lowest BCUT2D eigenvalue weighted by molar-refractivity contribution is -0.384. The Morgan fingerprint density at radius 3 is 2.33 bits per heavy atom. The molecule has 164 valence electrons. The van der Waals surface area contributed by atoms with E-state index < -0.39 is 10.8 Å². The maximum atomic E-state index is 12.7. The molecule has 0 saturated carbocycles. The van der Waals surface area contributed by atoms with E-state index in [1.165, 1.54) is 18.3 Å². The standard InChI is InChI=1S/C25H21N5O3/c1-17-6-10-20(11-7-17)24-15-23(28-29(24)21-12-8-18(2)9-13-21)25(31)27-26-16-19-4-3-5-22(14-19)30(32)33/h3-16H,1-2H3,(H,27,31)/b26-16-. The van der Waals surface area contributed by atoms with Gasteiger partial charge in [0, 0.05) is 23.3 Å². The number of nitrogens with one attached hydrogen (secondary N) is 1. The molecule has 1 N–H and O–H groups in total. The molecular weight excluding hydrogens is 418 g/mol. The Labute approximate surface area is 190 Å². The number of nitro benzene ring substituents is 1. The van der Waals surface area contributed by atoms with Crippen molar-refractivity contribution in [1.82, 2.24) is 15.2 Å². The van der Waals surface area contributed by atoms with Crippen molar-refractivity contribution in [3.63, 3.8) is 0 Å². The maximum absolute atomic E-state index is 12.7. The minimum absolute atomic E-state index is 0.0511. The van der Waals surface area contributed by atoms with Gasteiger partial charge < -0.3 is 0 Å². The Balaban J connectivity index is 1.62. The molecule has 4 rings (SSSR count). The van der Waals surface area contributed by atoms with Gasteiger partial charge in [0.1, 0.15) is 0 Å². The van der Waals surface area contributed by atoms with Gasteiger partial charge >= 0.3 is 0 Å². The van der Waals surface area contributed by atoms with Crippen LogP contribution in [0.2, 0.25) is 0 Å². The molecular formula is C25H21N5O3. The zero-order chi connectivity index (χ0) is 23.4. The Morgan fingerprint density at radius 2 is 1.67 bits per heavy atom. The largest absolute Gasteiger partial charge is 0.291 e. The second-order valence-corrected chi connectivity index (χ2v) is 7.58. The molecule has 0 aliphatic rings. The molecule has 1 amide bonds. The predicted octanol–water partition coefficient (Wildman–Crippen LogP) is 4.83. The average molecular weight is 439 g/mol. The van der Waals surface area contributed by atoms with Crippen molar-refractivity contribution in [2.75, 3.05) is 0 Å². The molecule has 4 aromatic rings. The first kappa shape index (κ1) is 21.6. The molecule has 0 unspecified atom stereocenters. The fourth-order valence-corrected chi connectivity index (χ4v) is 3.25. The second-order valence-electron chi connectivity index (χ2n) is 7.58. The van der Waals surface area contributed by atoms with Crippen molar-refractivity contribution in [1.29, 1.82) is 0 Å². The van der Waals surface area contributed by atoms with Gasteiger partial charge in [-0.1, -0.05) is 59.7 Å². The number of rotatable bonds is 6. The Bertz CT molecular complexity index is 1280. The van der Waals surface area contributed by atoms with Crippen molar-refractivity contribution in [3.8, 4) is 16.9 Å². The topological polar surface area (TPSA) is 102 Å². The number of nitro groups is 1. The van der Waals surface area contributed by atoms with Gasteiger partial charge in [0.25, 0.3) is 11.6 Å². The quantitative estimate of drug-likeness (QED) is 0.264. The van der Waals surface area contributed by atoms with Crippen LogP contribution in [0.5, 0.6) is 0 Å². The van der Waals surface area contributed by atoms with E-state index in [0.717, 1.165) is 28.1 Å². The Morgan fingerprint density at radius 1 is 1.00 bits per heavy atom. The zero-order valence-electron chi connectivity index (χ0n) is 18.1. The molecule has 33 heavy (non-hydrogen) atoms. The first-order valence-corrected chi connectivity index (χ1v) is 10.2. The number of benzene rings is 3. The van der Waals surface area contributed by atoms with E-state index in [4.69, 9.17) is 0 Å². The van der Waals surface area contributed by atoms with Gasteiger partial charge in [-0.05, 0) is 32.0 Å². The predicted molar refractivity (Wildman–Crippen MR) is 127 cm³/mol. The number of carbonyl (C=O) groups is 1. The van der Waals surface area contributed by atoms with Crippen LogP contribution in [0.3, 0.4) is 0 Å². The van der Waals surface area contributed by atoms with Crippen LogP contribution in [0.15, 0.2) is 84.0 Å². The van der Waals surface area contributed by atoms with Gasteiger partial charge in [-0.2, -0.15) is 10.2 Å². The summed E-state index contributed by atoms with van der Waals surface area (Å²) in [5, 5.41) is 19.3. The first-order valence-electron chi connectivity index (χ1n) is 10.2. The summed E-state index contributed by atoms with van der Waals surface area (Å²) in [4.78, 5) is 23.2. The smallest absolute Gasteiger partial charge is 0.265 e. The summed E-state index contributed by atoms with van der Waals surface area (Å²) in [5.74, 6) is -0.490. The number of nitrogens with zero attached hydrogens (tertiary/aromatic N) is 4. The van der Waals surface area contributed by atoms with Crippen LogP contribution in [0.1, 0.15) is 27.2 Å². The van der Waals surface area contributed by atoms with E-state index in [9.17, 15) is 14.9 Å². The van der Waals surface area contributed by atoms with E-state index in [1.54, 1.807) is 22.9 Å². The van der Waals surface area contributed by atoms with Crippen LogP contribution >= 0.6 is 0 Å². The number of aryl methyl sites for hydroxylation is 2. The van der Waals surface area contributed by atoms with Crippen LogP contribution in [-0.4, -0.2) is 26.8 Å². The lowest BCUT2D eigenvalue weighted by Gasteiger charge is -2.08. The third-order valence-corrected chi connectivity index (χ3v) is 5.03. The third-order valence-electron chi connectivity index (χ3n) is 5.03. The summed E-state index contributed by atoms with van der Waals surface area (Å²) < 4.78 is 1.73. The lowest BCUT2D eigenvalue weighted by atomic mass is 10.1. The fourth-order valence-electron chi connectivity index (χ4n) is 3.25. The van der Waals surface area contributed by atoms with Gasteiger partial charge in [-0.3, -0.25) is 14.9 Å². The molecule has 0 fully saturated rings. The normalized spacial score (nSPS) is 11.0. The van der Waals surface area contributed by atoms with E-state index in [1.807, 2.05) is 62.4 Å². The summed E-state index contributed by atoms with van der Waals surface area (Å²) in [5.41, 5.74) is 7.86. The molecule has 0 aliphatic carbocycles. The molecule has 1 heterocycles.